The van der Waals surface area contributed by atoms with E-state index in [-0.39, 0.29) is 0 Å². The van der Waals surface area contributed by atoms with Crippen LogP contribution in [0, 0.1) is 0 Å². The number of halogens is 2. The van der Waals surface area contributed by atoms with Crippen molar-refractivity contribution in [2.45, 2.75) is 0 Å². The third-order valence-electron chi connectivity index (χ3n) is 0.376. The summed E-state index contributed by atoms with van der Waals surface area (Å²) in [7, 11) is 0. The first-order valence-electron chi connectivity index (χ1n) is 1.43. The summed E-state index contributed by atoms with van der Waals surface area (Å²) in [6, 6.07) is 0. The van der Waals surface area contributed by atoms with E-state index in [1.807, 2.05) is 0 Å². The Morgan fingerprint density at radius 2 is 1.57 bits per heavy atom. The van der Waals surface area contributed by atoms with Crippen LogP contribution in [0.1, 0.15) is 0 Å². The van der Waals surface area contributed by atoms with Gasteiger partial charge in [-0.15, -0.1) is 0 Å². The quantitative estimate of drug-likeness (QED) is 0.676. The van der Waals surface area contributed by atoms with Crippen molar-refractivity contribution < 1.29 is 4.42 Å². The maximum atomic E-state index is 4.69. The van der Waals surface area contributed by atoms with Crippen molar-refractivity contribution in [1.29, 1.82) is 0 Å². The minimum atomic E-state index is 0.388. The third-order valence-corrected chi connectivity index (χ3v) is 1.02. The molecule has 1 rings (SSSR count). The van der Waals surface area contributed by atoms with Gasteiger partial charge >= 0.3 is 0 Å². The number of hydrogen-bond acceptors (Lipinski definition) is 3. The highest BCUT2D eigenvalue weighted by atomic mass is 79.9. The van der Waals surface area contributed by atoms with E-state index in [1.54, 1.807) is 0 Å². The molecule has 0 bridgehead atoms. The van der Waals surface area contributed by atoms with E-state index in [9.17, 15) is 0 Å². The van der Waals surface area contributed by atoms with Crippen LogP contribution in [0.4, 0.5) is 0 Å². The molecule has 0 spiro atoms. The molecule has 0 aliphatic rings. The first kappa shape index (κ1) is 5.24. The normalized spacial score (nSPS) is 9.43. The van der Waals surface area contributed by atoms with Crippen molar-refractivity contribution in [2.75, 3.05) is 0 Å². The molecule has 0 aliphatic carbocycles. The molecule has 0 amide bonds. The summed E-state index contributed by atoms with van der Waals surface area (Å²) in [6.45, 7) is 0. The average molecular weight is 228 g/mol. The number of rotatable bonds is 0. The largest absolute Gasteiger partial charge is 0.405 e. The van der Waals surface area contributed by atoms with Gasteiger partial charge in [-0.1, -0.05) is 10.2 Å². The third kappa shape index (κ3) is 1.24. The van der Waals surface area contributed by atoms with Crippen LogP contribution in [0.15, 0.2) is 14.0 Å². The van der Waals surface area contributed by atoms with Crippen molar-refractivity contribution >= 4 is 31.9 Å². The van der Waals surface area contributed by atoms with Gasteiger partial charge in [-0.25, -0.2) is 0 Å². The molecule has 0 fully saturated rings. The first-order chi connectivity index (χ1) is 3.29. The Balaban J connectivity index is 3.04. The van der Waals surface area contributed by atoms with Gasteiger partial charge in [-0.3, -0.25) is 0 Å². The fourth-order valence-corrected chi connectivity index (χ4v) is 0.871. The molecule has 5 heteroatoms. The van der Waals surface area contributed by atoms with Gasteiger partial charge in [-0.05, 0) is 0 Å². The van der Waals surface area contributed by atoms with Gasteiger partial charge in [0.2, 0.25) is 0 Å². The fraction of sp³-hybridized carbons (Fsp3) is 0. The Morgan fingerprint density at radius 1 is 1.14 bits per heavy atom. The molecule has 1 heterocycles. The summed E-state index contributed by atoms with van der Waals surface area (Å²) in [5.41, 5.74) is 0. The predicted octanol–water partition coefficient (Wildman–Crippen LogP) is 1.59. The molecule has 7 heavy (non-hydrogen) atoms. The van der Waals surface area contributed by atoms with Crippen molar-refractivity contribution in [3.8, 4) is 0 Å². The molecular weight excluding hydrogens is 228 g/mol. The van der Waals surface area contributed by atoms with Crippen LogP contribution in [0.3, 0.4) is 0 Å². The van der Waals surface area contributed by atoms with Gasteiger partial charge in [0.25, 0.3) is 9.60 Å². The van der Waals surface area contributed by atoms with Crippen LogP contribution >= 0.6 is 31.9 Å². The topological polar surface area (TPSA) is 38.9 Å². The molecule has 0 saturated heterocycles. The summed E-state index contributed by atoms with van der Waals surface area (Å²) < 4.78 is 4.69. The number of hydrogen-bond donors (Lipinski definition) is 0. The zero-order chi connectivity index (χ0) is 5.28. The van der Waals surface area contributed by atoms with Gasteiger partial charge in [0.15, 0.2) is 0 Å². The maximum absolute atomic E-state index is 4.69. The highest BCUT2D eigenvalue weighted by molar-refractivity contribution is 9.11. The fourth-order valence-electron chi connectivity index (χ4n) is 0.189. The maximum Gasteiger partial charge on any atom is 0.285 e. The van der Waals surface area contributed by atoms with E-state index in [0.717, 1.165) is 0 Å². The lowest BCUT2D eigenvalue weighted by molar-refractivity contribution is 0.500. The standard InChI is InChI=1S/C2Br2N2O/c3-1-5-6-2(4)7-1. The van der Waals surface area contributed by atoms with Crippen LogP contribution in [0.2, 0.25) is 0 Å². The van der Waals surface area contributed by atoms with Crippen molar-refractivity contribution in [2.24, 2.45) is 0 Å². The lowest BCUT2D eigenvalue weighted by Gasteiger charge is -1.66. The molecule has 1 aromatic rings. The Labute approximate surface area is 56.4 Å². The second-order valence-corrected chi connectivity index (χ2v) is 2.16. The smallest absolute Gasteiger partial charge is 0.285 e. The zero-order valence-electron chi connectivity index (χ0n) is 3.06. The van der Waals surface area contributed by atoms with Gasteiger partial charge in [0.05, 0.1) is 0 Å². The number of nitrogens with zero attached hydrogens (tertiary/aromatic N) is 2. The molecule has 0 unspecified atom stereocenters. The molecule has 0 aromatic carbocycles. The molecule has 0 N–H and O–H groups in total. The van der Waals surface area contributed by atoms with Crippen molar-refractivity contribution in [3.63, 3.8) is 0 Å². The van der Waals surface area contributed by atoms with E-state index in [0.29, 0.717) is 9.60 Å². The average Bonchev–Trinajstić information content (AvgIpc) is 1.87. The van der Waals surface area contributed by atoms with Crippen LogP contribution in [-0.4, -0.2) is 10.2 Å². The zero-order valence-corrected chi connectivity index (χ0v) is 6.23. The molecule has 1 aromatic heterocycles. The molecule has 38 valence electrons. The van der Waals surface area contributed by atoms with Crippen LogP contribution in [0.25, 0.3) is 0 Å². The van der Waals surface area contributed by atoms with Crippen molar-refractivity contribution in [3.05, 3.63) is 9.60 Å². The summed E-state index contributed by atoms with van der Waals surface area (Å²) in [5.74, 6) is 0. The second kappa shape index (κ2) is 1.92. The molecule has 0 atom stereocenters. The van der Waals surface area contributed by atoms with E-state index in [4.69, 9.17) is 4.42 Å². The minimum absolute atomic E-state index is 0.388. The Morgan fingerprint density at radius 3 is 1.71 bits per heavy atom. The van der Waals surface area contributed by atoms with Gasteiger partial charge in [0, 0.05) is 31.9 Å². The Bertz CT molecular complexity index is 146. The lowest BCUT2D eigenvalue weighted by atomic mass is 11.5. The predicted molar refractivity (Wildman–Crippen MR) is 29.7 cm³/mol. The summed E-state index contributed by atoms with van der Waals surface area (Å²) in [5, 5.41) is 6.94. The van der Waals surface area contributed by atoms with Crippen LogP contribution in [-0.2, 0) is 0 Å². The van der Waals surface area contributed by atoms with E-state index in [2.05, 4.69) is 42.1 Å². The SMILES string of the molecule is Brc1nnc(Br)o1. The van der Waals surface area contributed by atoms with Crippen LogP contribution < -0.4 is 0 Å². The number of aromatic nitrogens is 2. The van der Waals surface area contributed by atoms with Gasteiger partial charge in [0.1, 0.15) is 0 Å². The molecule has 0 saturated carbocycles. The molecule has 3 nitrogen and oxygen atoms in total. The van der Waals surface area contributed by atoms with E-state index in [1.165, 1.54) is 0 Å². The summed E-state index contributed by atoms with van der Waals surface area (Å²) in [4.78, 5) is 0.777. The van der Waals surface area contributed by atoms with E-state index < -0.39 is 0 Å². The highest BCUT2D eigenvalue weighted by Gasteiger charge is 1.93. The van der Waals surface area contributed by atoms with Gasteiger partial charge in [-0.2, -0.15) is 0 Å². The minimum Gasteiger partial charge on any atom is -0.405 e. The highest BCUT2D eigenvalue weighted by Crippen LogP contribution is 2.10. The van der Waals surface area contributed by atoms with Gasteiger partial charge < -0.3 is 4.42 Å². The summed E-state index contributed by atoms with van der Waals surface area (Å²) >= 11 is 5.92. The second-order valence-electron chi connectivity index (χ2n) is 0.808. The molecular formula is C2Br2N2O. The monoisotopic (exact) mass is 226 g/mol. The Kier molecular flexibility index (Phi) is 1.43. The van der Waals surface area contributed by atoms with E-state index >= 15 is 0 Å². The lowest BCUT2D eigenvalue weighted by Crippen LogP contribution is -1.61. The summed E-state index contributed by atoms with van der Waals surface area (Å²) in [6.07, 6.45) is 0. The molecule has 0 radical (unpaired) electrons. The Hall–Kier alpha value is 0.1000. The molecule has 0 aliphatic heterocycles. The van der Waals surface area contributed by atoms with Crippen LogP contribution in [0.5, 0.6) is 0 Å². The first-order valence-corrected chi connectivity index (χ1v) is 3.02. The van der Waals surface area contributed by atoms with Crippen molar-refractivity contribution in [1.82, 2.24) is 10.2 Å².